The van der Waals surface area contributed by atoms with Gasteiger partial charge < -0.3 is 15.5 Å². The molecule has 0 radical (unpaired) electrons. The maximum absolute atomic E-state index is 13.0. The lowest BCUT2D eigenvalue weighted by molar-refractivity contribution is -0.122. The third-order valence-corrected chi connectivity index (χ3v) is 5.99. The van der Waals surface area contributed by atoms with Crippen molar-refractivity contribution in [1.82, 2.24) is 0 Å². The molecule has 3 aromatic rings. The number of nitrogens with one attached hydrogen (secondary N) is 2. The summed E-state index contributed by atoms with van der Waals surface area (Å²) in [6.45, 7) is 6.17. The van der Waals surface area contributed by atoms with E-state index in [0.717, 1.165) is 28.1 Å². The highest BCUT2D eigenvalue weighted by Crippen LogP contribution is 2.27. The van der Waals surface area contributed by atoms with Crippen molar-refractivity contribution in [2.45, 2.75) is 27.2 Å². The third kappa shape index (κ3) is 4.80. The Bertz CT molecular complexity index is 1200. The largest absolute Gasteiger partial charge is 0.325 e. The molecule has 1 saturated heterocycles. The van der Waals surface area contributed by atoms with Crippen molar-refractivity contribution in [3.63, 3.8) is 0 Å². The van der Waals surface area contributed by atoms with E-state index in [1.54, 1.807) is 29.2 Å². The summed E-state index contributed by atoms with van der Waals surface area (Å²) in [6, 6.07) is 20.4. The Morgan fingerprint density at radius 3 is 2.21 bits per heavy atom. The second-order valence-corrected chi connectivity index (χ2v) is 8.50. The van der Waals surface area contributed by atoms with Gasteiger partial charge in [0.25, 0.3) is 5.91 Å². The van der Waals surface area contributed by atoms with Gasteiger partial charge in [-0.25, -0.2) is 0 Å². The number of nitrogens with zero attached hydrogens (tertiary/aromatic N) is 1. The highest BCUT2D eigenvalue weighted by atomic mass is 16.2. The van der Waals surface area contributed by atoms with Crippen LogP contribution in [0.25, 0.3) is 0 Å². The smallest absolute Gasteiger partial charge is 0.257 e. The van der Waals surface area contributed by atoms with E-state index in [0.29, 0.717) is 17.8 Å². The molecule has 0 aromatic heterocycles. The predicted octanol–water partition coefficient (Wildman–Crippen LogP) is 4.86. The van der Waals surface area contributed by atoms with Crippen molar-refractivity contribution >= 4 is 34.8 Å². The summed E-state index contributed by atoms with van der Waals surface area (Å²) in [6.07, 6.45) is 0.135. The van der Waals surface area contributed by atoms with Crippen LogP contribution < -0.4 is 15.5 Å². The maximum Gasteiger partial charge on any atom is 0.257 e. The van der Waals surface area contributed by atoms with Gasteiger partial charge in [-0.2, -0.15) is 0 Å². The summed E-state index contributed by atoms with van der Waals surface area (Å²) in [5.41, 5.74) is 5.38. The maximum atomic E-state index is 13.0. The van der Waals surface area contributed by atoms with Gasteiger partial charge in [-0.15, -0.1) is 0 Å². The van der Waals surface area contributed by atoms with Crippen LogP contribution in [0.2, 0.25) is 0 Å². The molecule has 33 heavy (non-hydrogen) atoms. The first-order chi connectivity index (χ1) is 15.8. The summed E-state index contributed by atoms with van der Waals surface area (Å²) >= 11 is 0. The molecule has 0 bridgehead atoms. The second-order valence-electron chi connectivity index (χ2n) is 8.50. The van der Waals surface area contributed by atoms with Crippen LogP contribution in [0, 0.1) is 26.7 Å². The molecule has 1 aliphatic heterocycles. The highest BCUT2D eigenvalue weighted by molar-refractivity contribution is 6.11. The molecule has 1 unspecified atom stereocenters. The van der Waals surface area contributed by atoms with Crippen LogP contribution in [0.4, 0.5) is 17.1 Å². The molecule has 1 aliphatic rings. The van der Waals surface area contributed by atoms with Crippen LogP contribution >= 0.6 is 0 Å². The molecule has 6 nitrogen and oxygen atoms in total. The number of anilines is 3. The first kappa shape index (κ1) is 22.3. The van der Waals surface area contributed by atoms with Crippen molar-refractivity contribution in [2.24, 2.45) is 5.92 Å². The summed E-state index contributed by atoms with van der Waals surface area (Å²) in [5, 5.41) is 5.84. The van der Waals surface area contributed by atoms with Crippen LogP contribution in [0.3, 0.4) is 0 Å². The second kappa shape index (κ2) is 9.28. The minimum Gasteiger partial charge on any atom is -0.325 e. The number of para-hydroxylation sites is 2. The Labute approximate surface area is 193 Å². The summed E-state index contributed by atoms with van der Waals surface area (Å²) in [5.74, 6) is -1.15. The van der Waals surface area contributed by atoms with Crippen LogP contribution in [0.5, 0.6) is 0 Å². The zero-order chi connectivity index (χ0) is 23.5. The van der Waals surface area contributed by atoms with E-state index in [1.165, 1.54) is 0 Å². The number of hydrogen-bond acceptors (Lipinski definition) is 3. The zero-order valence-corrected chi connectivity index (χ0v) is 19.0. The normalized spacial score (nSPS) is 15.4. The van der Waals surface area contributed by atoms with Gasteiger partial charge in [0.2, 0.25) is 11.8 Å². The van der Waals surface area contributed by atoms with E-state index in [-0.39, 0.29) is 24.1 Å². The first-order valence-corrected chi connectivity index (χ1v) is 11.0. The van der Waals surface area contributed by atoms with Crippen molar-refractivity contribution in [3.8, 4) is 0 Å². The molecule has 2 N–H and O–H groups in total. The van der Waals surface area contributed by atoms with E-state index in [9.17, 15) is 14.4 Å². The first-order valence-electron chi connectivity index (χ1n) is 11.0. The number of amides is 3. The van der Waals surface area contributed by atoms with Crippen LogP contribution in [-0.4, -0.2) is 24.3 Å². The Morgan fingerprint density at radius 2 is 1.52 bits per heavy atom. The molecular formula is C27H27N3O3. The van der Waals surface area contributed by atoms with E-state index < -0.39 is 5.92 Å². The lowest BCUT2D eigenvalue weighted by Crippen LogP contribution is -2.28. The van der Waals surface area contributed by atoms with E-state index >= 15 is 0 Å². The molecule has 0 aliphatic carbocycles. The van der Waals surface area contributed by atoms with Crippen LogP contribution in [0.15, 0.2) is 66.7 Å². The third-order valence-electron chi connectivity index (χ3n) is 5.99. The zero-order valence-electron chi connectivity index (χ0n) is 19.0. The average molecular weight is 442 g/mol. The summed E-state index contributed by atoms with van der Waals surface area (Å²) in [7, 11) is 0. The lowest BCUT2D eigenvalue weighted by atomic mass is 10.1. The van der Waals surface area contributed by atoms with Gasteiger partial charge in [-0.05, 0) is 56.2 Å². The summed E-state index contributed by atoms with van der Waals surface area (Å²) < 4.78 is 0. The van der Waals surface area contributed by atoms with Gasteiger partial charge in [0.05, 0.1) is 17.2 Å². The van der Waals surface area contributed by atoms with Crippen molar-refractivity contribution < 1.29 is 14.4 Å². The van der Waals surface area contributed by atoms with Crippen molar-refractivity contribution in [3.05, 3.63) is 89.0 Å². The quantitative estimate of drug-likeness (QED) is 0.594. The number of carbonyl (C=O) groups is 3. The van der Waals surface area contributed by atoms with Gasteiger partial charge >= 0.3 is 0 Å². The molecule has 1 atom stereocenters. The van der Waals surface area contributed by atoms with Crippen molar-refractivity contribution in [2.75, 3.05) is 22.1 Å². The fraction of sp³-hybridized carbons (Fsp3) is 0.222. The van der Waals surface area contributed by atoms with Gasteiger partial charge in [-0.1, -0.05) is 48.0 Å². The SMILES string of the molecule is Cc1ccc(N2CC(C(=O)Nc3ccccc3C(=O)Nc3c(C)cccc3C)CC2=O)cc1. The molecule has 3 aromatic carbocycles. The van der Waals surface area contributed by atoms with E-state index in [4.69, 9.17) is 0 Å². The molecular weight excluding hydrogens is 414 g/mol. The average Bonchev–Trinajstić information content (AvgIpc) is 3.19. The number of aryl methyl sites for hydroxylation is 3. The van der Waals surface area contributed by atoms with E-state index in [1.807, 2.05) is 63.2 Å². The molecule has 168 valence electrons. The minimum atomic E-state index is -0.492. The Hall–Kier alpha value is -3.93. The Balaban J connectivity index is 1.49. The monoisotopic (exact) mass is 441 g/mol. The molecule has 4 rings (SSSR count). The summed E-state index contributed by atoms with van der Waals surface area (Å²) in [4.78, 5) is 40.2. The molecule has 1 fully saturated rings. The van der Waals surface area contributed by atoms with Gasteiger partial charge in [0.15, 0.2) is 0 Å². The number of benzene rings is 3. The number of carbonyl (C=O) groups excluding carboxylic acids is 3. The van der Waals surface area contributed by atoms with Gasteiger partial charge in [-0.3, -0.25) is 14.4 Å². The minimum absolute atomic E-state index is 0.0833. The molecule has 0 spiro atoms. The fourth-order valence-electron chi connectivity index (χ4n) is 4.07. The predicted molar refractivity (Wildman–Crippen MR) is 131 cm³/mol. The topological polar surface area (TPSA) is 78.5 Å². The standard InChI is InChI=1S/C27H27N3O3/c1-17-11-13-21(14-12-17)30-16-20(15-24(30)31)26(32)28-23-10-5-4-9-22(23)27(33)29-25-18(2)7-6-8-19(25)3/h4-14,20H,15-16H2,1-3H3,(H,28,32)(H,29,33). The van der Waals surface area contributed by atoms with E-state index in [2.05, 4.69) is 10.6 Å². The molecule has 3 amide bonds. The highest BCUT2D eigenvalue weighted by Gasteiger charge is 2.35. The number of hydrogen-bond donors (Lipinski definition) is 2. The lowest BCUT2D eigenvalue weighted by Gasteiger charge is -2.18. The molecule has 0 saturated carbocycles. The molecule has 6 heteroatoms. The van der Waals surface area contributed by atoms with Gasteiger partial charge in [0.1, 0.15) is 0 Å². The fourth-order valence-corrected chi connectivity index (χ4v) is 4.07. The Morgan fingerprint density at radius 1 is 0.848 bits per heavy atom. The Kier molecular flexibility index (Phi) is 6.27. The van der Waals surface area contributed by atoms with Gasteiger partial charge in [0, 0.05) is 24.3 Å². The van der Waals surface area contributed by atoms with Crippen LogP contribution in [0.1, 0.15) is 33.5 Å². The van der Waals surface area contributed by atoms with Crippen molar-refractivity contribution in [1.29, 1.82) is 0 Å². The van der Waals surface area contributed by atoms with Crippen LogP contribution in [-0.2, 0) is 9.59 Å². The molecule has 1 heterocycles. The number of rotatable bonds is 5.